The summed E-state index contributed by atoms with van der Waals surface area (Å²) in [5.74, 6) is 1.21. The minimum absolute atomic E-state index is 0.0120. The molecule has 1 heterocycles. The molecule has 112 valence electrons. The zero-order chi connectivity index (χ0) is 14.4. The monoisotopic (exact) mass is 285 g/mol. The Morgan fingerprint density at radius 2 is 2.14 bits per heavy atom. The van der Waals surface area contributed by atoms with E-state index in [1.165, 1.54) is 24.1 Å². The first-order valence-electron chi connectivity index (χ1n) is 8.15. The summed E-state index contributed by atoms with van der Waals surface area (Å²) in [6, 6.07) is 6.24. The Morgan fingerprint density at radius 1 is 1.29 bits per heavy atom. The van der Waals surface area contributed by atoms with Gasteiger partial charge in [0.25, 0.3) is 0 Å². The number of rotatable bonds is 2. The third-order valence-electron chi connectivity index (χ3n) is 5.59. The minimum atomic E-state index is 0.0120. The van der Waals surface area contributed by atoms with Gasteiger partial charge >= 0.3 is 0 Å². The SMILES string of the molecule is NC1C2CCC(C2)C1C(=O)Nc1ccc2c(c1)CCCN2. The fourth-order valence-corrected chi connectivity index (χ4v) is 4.50. The van der Waals surface area contributed by atoms with E-state index < -0.39 is 0 Å². The van der Waals surface area contributed by atoms with Crippen LogP contribution in [0.15, 0.2) is 18.2 Å². The topological polar surface area (TPSA) is 67.2 Å². The van der Waals surface area contributed by atoms with Gasteiger partial charge in [-0.05, 0) is 67.7 Å². The van der Waals surface area contributed by atoms with Crippen LogP contribution in [0.4, 0.5) is 11.4 Å². The summed E-state index contributed by atoms with van der Waals surface area (Å²) in [5.41, 5.74) is 9.68. The molecule has 0 saturated heterocycles. The third kappa shape index (κ3) is 2.22. The normalized spacial score (nSPS) is 33.4. The van der Waals surface area contributed by atoms with Crippen molar-refractivity contribution in [2.24, 2.45) is 23.5 Å². The van der Waals surface area contributed by atoms with Crippen molar-refractivity contribution >= 4 is 17.3 Å². The molecule has 4 unspecified atom stereocenters. The summed E-state index contributed by atoms with van der Waals surface area (Å²) in [4.78, 5) is 12.6. The highest BCUT2D eigenvalue weighted by Crippen LogP contribution is 2.47. The summed E-state index contributed by atoms with van der Waals surface area (Å²) in [6.07, 6.45) is 5.76. The summed E-state index contributed by atoms with van der Waals surface area (Å²) in [5, 5.41) is 6.50. The average molecular weight is 285 g/mol. The summed E-state index contributed by atoms with van der Waals surface area (Å²) in [7, 11) is 0. The second kappa shape index (κ2) is 5.02. The molecule has 3 aliphatic rings. The third-order valence-corrected chi connectivity index (χ3v) is 5.59. The molecule has 1 aliphatic heterocycles. The molecule has 0 radical (unpaired) electrons. The van der Waals surface area contributed by atoms with E-state index in [0.717, 1.165) is 31.5 Å². The van der Waals surface area contributed by atoms with Crippen LogP contribution in [0.3, 0.4) is 0 Å². The van der Waals surface area contributed by atoms with Crippen molar-refractivity contribution < 1.29 is 4.79 Å². The van der Waals surface area contributed by atoms with Gasteiger partial charge in [-0.25, -0.2) is 0 Å². The Bertz CT molecular complexity index is 569. The van der Waals surface area contributed by atoms with E-state index in [2.05, 4.69) is 22.8 Å². The lowest BCUT2D eigenvalue weighted by Crippen LogP contribution is -2.42. The number of nitrogens with one attached hydrogen (secondary N) is 2. The van der Waals surface area contributed by atoms with Crippen LogP contribution in [0.5, 0.6) is 0 Å². The van der Waals surface area contributed by atoms with Crippen LogP contribution in [0.25, 0.3) is 0 Å². The van der Waals surface area contributed by atoms with Crippen LogP contribution in [0, 0.1) is 17.8 Å². The van der Waals surface area contributed by atoms with Crippen molar-refractivity contribution in [1.82, 2.24) is 0 Å². The van der Waals surface area contributed by atoms with Crippen molar-refractivity contribution in [2.75, 3.05) is 17.2 Å². The fourth-order valence-electron chi connectivity index (χ4n) is 4.50. The van der Waals surface area contributed by atoms with Crippen LogP contribution in [0.2, 0.25) is 0 Å². The van der Waals surface area contributed by atoms with Crippen LogP contribution in [-0.4, -0.2) is 18.5 Å². The second-order valence-corrected chi connectivity index (χ2v) is 6.83. The van der Waals surface area contributed by atoms with Crippen molar-refractivity contribution in [1.29, 1.82) is 0 Å². The molecule has 1 amide bonds. The molecule has 2 bridgehead atoms. The number of carbonyl (C=O) groups is 1. The molecule has 4 N–H and O–H groups in total. The van der Waals surface area contributed by atoms with Crippen LogP contribution in [-0.2, 0) is 11.2 Å². The smallest absolute Gasteiger partial charge is 0.229 e. The van der Waals surface area contributed by atoms with E-state index >= 15 is 0 Å². The van der Waals surface area contributed by atoms with Crippen LogP contribution >= 0.6 is 0 Å². The van der Waals surface area contributed by atoms with Gasteiger partial charge in [0, 0.05) is 24.0 Å². The maximum atomic E-state index is 12.6. The number of nitrogens with two attached hydrogens (primary N) is 1. The van der Waals surface area contributed by atoms with E-state index in [1.807, 2.05) is 6.07 Å². The average Bonchev–Trinajstić information content (AvgIpc) is 3.08. The number of carbonyl (C=O) groups excluding carboxylic acids is 1. The first-order chi connectivity index (χ1) is 10.2. The molecular formula is C17H23N3O. The molecule has 4 nitrogen and oxygen atoms in total. The number of anilines is 2. The van der Waals surface area contributed by atoms with Crippen LogP contribution < -0.4 is 16.4 Å². The van der Waals surface area contributed by atoms with E-state index in [4.69, 9.17) is 5.73 Å². The maximum Gasteiger partial charge on any atom is 0.229 e. The highest BCUT2D eigenvalue weighted by Gasteiger charge is 2.49. The lowest BCUT2D eigenvalue weighted by Gasteiger charge is -2.27. The van der Waals surface area contributed by atoms with Crippen molar-refractivity contribution in [3.8, 4) is 0 Å². The van der Waals surface area contributed by atoms with Gasteiger partial charge in [-0.15, -0.1) is 0 Å². The van der Waals surface area contributed by atoms with Gasteiger partial charge in [-0.1, -0.05) is 0 Å². The first kappa shape index (κ1) is 13.1. The highest BCUT2D eigenvalue weighted by molar-refractivity contribution is 5.94. The molecule has 0 aromatic heterocycles. The number of hydrogen-bond acceptors (Lipinski definition) is 3. The lowest BCUT2D eigenvalue weighted by atomic mass is 9.84. The van der Waals surface area contributed by atoms with Crippen molar-refractivity contribution in [3.63, 3.8) is 0 Å². The molecular weight excluding hydrogens is 262 g/mol. The van der Waals surface area contributed by atoms with E-state index in [0.29, 0.717) is 11.8 Å². The summed E-state index contributed by atoms with van der Waals surface area (Å²) in [6.45, 7) is 1.04. The summed E-state index contributed by atoms with van der Waals surface area (Å²) < 4.78 is 0. The number of hydrogen-bond donors (Lipinski definition) is 3. The van der Waals surface area contributed by atoms with Gasteiger partial charge in [0.2, 0.25) is 5.91 Å². The van der Waals surface area contributed by atoms with Crippen LogP contribution in [0.1, 0.15) is 31.2 Å². The summed E-state index contributed by atoms with van der Waals surface area (Å²) >= 11 is 0. The molecule has 2 saturated carbocycles. The molecule has 2 fully saturated rings. The van der Waals surface area contributed by atoms with Gasteiger partial charge < -0.3 is 16.4 Å². The molecule has 1 aromatic rings. The number of fused-ring (bicyclic) bond motifs is 3. The van der Waals surface area contributed by atoms with Gasteiger partial charge in [0.15, 0.2) is 0 Å². The predicted octanol–water partition coefficient (Wildman–Crippen LogP) is 2.36. The Kier molecular flexibility index (Phi) is 3.14. The fraction of sp³-hybridized carbons (Fsp3) is 0.588. The zero-order valence-corrected chi connectivity index (χ0v) is 12.3. The van der Waals surface area contributed by atoms with E-state index in [9.17, 15) is 4.79 Å². The molecule has 2 aliphatic carbocycles. The first-order valence-corrected chi connectivity index (χ1v) is 8.15. The number of amides is 1. The lowest BCUT2D eigenvalue weighted by molar-refractivity contribution is -0.121. The van der Waals surface area contributed by atoms with Crippen molar-refractivity contribution in [3.05, 3.63) is 23.8 Å². The second-order valence-electron chi connectivity index (χ2n) is 6.83. The molecule has 21 heavy (non-hydrogen) atoms. The molecule has 0 spiro atoms. The Labute approximate surface area is 125 Å². The van der Waals surface area contributed by atoms with Gasteiger partial charge in [0.1, 0.15) is 0 Å². The standard InChI is InChI=1S/C17H23N3O/c18-16-12-4-3-11(8-12)15(16)17(21)20-13-5-6-14-10(9-13)2-1-7-19-14/h5-6,9,11-12,15-16,19H,1-4,7-8,18H2,(H,20,21). The van der Waals surface area contributed by atoms with E-state index in [1.54, 1.807) is 0 Å². The van der Waals surface area contributed by atoms with Gasteiger partial charge in [-0.3, -0.25) is 4.79 Å². The molecule has 4 rings (SSSR count). The zero-order valence-electron chi connectivity index (χ0n) is 12.3. The molecule has 4 atom stereocenters. The Hall–Kier alpha value is -1.55. The predicted molar refractivity (Wildman–Crippen MR) is 84.2 cm³/mol. The maximum absolute atomic E-state index is 12.6. The number of benzene rings is 1. The Morgan fingerprint density at radius 3 is 2.95 bits per heavy atom. The van der Waals surface area contributed by atoms with Gasteiger partial charge in [-0.2, -0.15) is 0 Å². The van der Waals surface area contributed by atoms with Crippen molar-refractivity contribution in [2.45, 2.75) is 38.1 Å². The molecule has 1 aromatic carbocycles. The Balaban J connectivity index is 1.49. The van der Waals surface area contributed by atoms with E-state index in [-0.39, 0.29) is 17.9 Å². The van der Waals surface area contributed by atoms with Gasteiger partial charge in [0.05, 0.1) is 5.92 Å². The highest BCUT2D eigenvalue weighted by atomic mass is 16.2. The largest absolute Gasteiger partial charge is 0.385 e. The minimum Gasteiger partial charge on any atom is -0.385 e. The number of aryl methyl sites for hydroxylation is 1. The quantitative estimate of drug-likeness (QED) is 0.781. The molecule has 4 heteroatoms.